The van der Waals surface area contributed by atoms with Crippen LogP contribution in [0, 0.1) is 0 Å². The molecule has 1 fully saturated rings. The first-order valence-electron chi connectivity index (χ1n) is 5.74. The van der Waals surface area contributed by atoms with Crippen LogP contribution in [0.25, 0.3) is 0 Å². The summed E-state index contributed by atoms with van der Waals surface area (Å²) >= 11 is 9.31. The van der Waals surface area contributed by atoms with Gasteiger partial charge < -0.3 is 10.1 Å². The highest BCUT2D eigenvalue weighted by Crippen LogP contribution is 2.27. The molecule has 1 aromatic rings. The molecule has 1 heterocycles. The third-order valence-corrected chi connectivity index (χ3v) is 3.40. The Morgan fingerprint density at radius 1 is 1.42 bits per heavy atom. The number of carbonyl (C=O) groups excluding carboxylic acids is 2. The zero-order valence-electron chi connectivity index (χ0n) is 9.99. The number of carbonyl (C=O) groups is 2. The van der Waals surface area contributed by atoms with Crippen LogP contribution in [0.5, 0.6) is 5.75 Å². The number of amides is 3. The molecule has 0 unspecified atom stereocenters. The fourth-order valence-corrected chi connectivity index (χ4v) is 2.41. The highest BCUT2D eigenvalue weighted by molar-refractivity contribution is 9.10. The van der Waals surface area contributed by atoms with E-state index in [1.165, 1.54) is 4.90 Å². The molecule has 1 saturated heterocycles. The third-order valence-electron chi connectivity index (χ3n) is 2.61. The lowest BCUT2D eigenvalue weighted by Gasteiger charge is -2.13. The standard InChI is InChI=1S/C12H12BrClN2O3/c13-8-2-3-10(9(14)6-8)19-5-1-4-16-11(17)7-15-12(16)18/h2-3,6H,1,4-5,7H2,(H,15,18). The molecule has 0 radical (unpaired) electrons. The molecule has 1 N–H and O–H groups in total. The SMILES string of the molecule is O=C1CNC(=O)N1CCCOc1ccc(Br)cc1Cl. The second kappa shape index (κ2) is 6.25. The summed E-state index contributed by atoms with van der Waals surface area (Å²) < 4.78 is 6.38. The van der Waals surface area contributed by atoms with Crippen molar-refractivity contribution in [1.29, 1.82) is 0 Å². The van der Waals surface area contributed by atoms with E-state index in [0.717, 1.165) is 4.47 Å². The molecule has 1 aliphatic heterocycles. The van der Waals surface area contributed by atoms with Gasteiger partial charge in [-0.1, -0.05) is 27.5 Å². The molecule has 0 bridgehead atoms. The number of halogens is 2. The lowest BCUT2D eigenvalue weighted by Crippen LogP contribution is -2.32. The van der Waals surface area contributed by atoms with E-state index in [1.54, 1.807) is 12.1 Å². The predicted molar refractivity (Wildman–Crippen MR) is 74.4 cm³/mol. The first kappa shape index (κ1) is 14.1. The molecule has 5 nitrogen and oxygen atoms in total. The number of rotatable bonds is 5. The Bertz CT molecular complexity index is 494. The van der Waals surface area contributed by atoms with Gasteiger partial charge in [0.2, 0.25) is 5.91 Å². The Labute approximate surface area is 124 Å². The number of nitrogens with one attached hydrogen (secondary N) is 1. The van der Waals surface area contributed by atoms with Crippen molar-refractivity contribution in [1.82, 2.24) is 10.2 Å². The molecule has 0 aliphatic carbocycles. The summed E-state index contributed by atoms with van der Waals surface area (Å²) in [5.74, 6) is 0.383. The second-order valence-corrected chi connectivity index (χ2v) is 5.30. The highest BCUT2D eigenvalue weighted by atomic mass is 79.9. The Morgan fingerprint density at radius 2 is 2.21 bits per heavy atom. The van der Waals surface area contributed by atoms with Crippen LogP contribution in [0.2, 0.25) is 5.02 Å². The highest BCUT2D eigenvalue weighted by Gasteiger charge is 2.27. The second-order valence-electron chi connectivity index (χ2n) is 3.98. The van der Waals surface area contributed by atoms with Gasteiger partial charge >= 0.3 is 6.03 Å². The maximum atomic E-state index is 11.3. The van der Waals surface area contributed by atoms with Crippen molar-refractivity contribution in [2.45, 2.75) is 6.42 Å². The van der Waals surface area contributed by atoms with Gasteiger partial charge in [0.15, 0.2) is 0 Å². The average Bonchev–Trinajstić information content (AvgIpc) is 2.68. The first-order chi connectivity index (χ1) is 9.08. The minimum Gasteiger partial charge on any atom is -0.492 e. The Morgan fingerprint density at radius 3 is 2.84 bits per heavy atom. The van der Waals surface area contributed by atoms with Crippen LogP contribution in [0.3, 0.4) is 0 Å². The van der Waals surface area contributed by atoms with Gasteiger partial charge in [0.05, 0.1) is 18.2 Å². The molecule has 102 valence electrons. The minimum atomic E-state index is -0.341. The largest absolute Gasteiger partial charge is 0.492 e. The van der Waals surface area contributed by atoms with Crippen LogP contribution in [0.1, 0.15) is 6.42 Å². The van der Waals surface area contributed by atoms with Crippen molar-refractivity contribution in [2.24, 2.45) is 0 Å². The maximum absolute atomic E-state index is 11.3. The summed E-state index contributed by atoms with van der Waals surface area (Å²) in [5.41, 5.74) is 0. The molecule has 0 atom stereocenters. The fraction of sp³-hybridized carbons (Fsp3) is 0.333. The van der Waals surface area contributed by atoms with Gasteiger partial charge in [0.25, 0.3) is 0 Å². The molecule has 19 heavy (non-hydrogen) atoms. The van der Waals surface area contributed by atoms with Gasteiger partial charge in [-0.25, -0.2) is 4.79 Å². The molecule has 0 aromatic heterocycles. The number of ether oxygens (including phenoxy) is 1. The van der Waals surface area contributed by atoms with Crippen molar-refractivity contribution in [2.75, 3.05) is 19.7 Å². The smallest absolute Gasteiger partial charge is 0.324 e. The van der Waals surface area contributed by atoms with Gasteiger partial charge in [0, 0.05) is 11.0 Å². The minimum absolute atomic E-state index is 0.0816. The summed E-state index contributed by atoms with van der Waals surface area (Å²) in [4.78, 5) is 23.8. The van der Waals surface area contributed by atoms with Crippen LogP contribution in [-0.2, 0) is 4.79 Å². The normalized spacial score (nSPS) is 14.7. The van der Waals surface area contributed by atoms with Crippen LogP contribution in [-0.4, -0.2) is 36.5 Å². The number of nitrogens with zero attached hydrogens (tertiary/aromatic N) is 1. The van der Waals surface area contributed by atoms with Crippen molar-refractivity contribution in [3.63, 3.8) is 0 Å². The number of hydrogen-bond donors (Lipinski definition) is 1. The molecular formula is C12H12BrClN2O3. The zero-order chi connectivity index (χ0) is 13.8. The predicted octanol–water partition coefficient (Wildman–Crippen LogP) is 2.42. The van der Waals surface area contributed by atoms with E-state index in [2.05, 4.69) is 21.2 Å². The number of hydrogen-bond acceptors (Lipinski definition) is 3. The maximum Gasteiger partial charge on any atom is 0.324 e. The van der Waals surface area contributed by atoms with E-state index >= 15 is 0 Å². The van der Waals surface area contributed by atoms with Crippen LogP contribution in [0.15, 0.2) is 22.7 Å². The zero-order valence-corrected chi connectivity index (χ0v) is 12.3. The molecule has 7 heteroatoms. The van der Waals surface area contributed by atoms with Crippen molar-refractivity contribution in [3.8, 4) is 5.75 Å². The Kier molecular flexibility index (Phi) is 4.66. The monoisotopic (exact) mass is 346 g/mol. The quantitative estimate of drug-likeness (QED) is 0.657. The van der Waals surface area contributed by atoms with Gasteiger partial charge in [-0.15, -0.1) is 0 Å². The number of benzene rings is 1. The van der Waals surface area contributed by atoms with Crippen LogP contribution in [0.4, 0.5) is 4.79 Å². The average molecular weight is 348 g/mol. The first-order valence-corrected chi connectivity index (χ1v) is 6.91. The van der Waals surface area contributed by atoms with E-state index < -0.39 is 0 Å². The Hall–Kier alpha value is -1.27. The molecule has 1 aromatic carbocycles. The van der Waals surface area contributed by atoms with Gasteiger partial charge in [-0.3, -0.25) is 9.69 Å². The van der Waals surface area contributed by atoms with E-state index in [0.29, 0.717) is 30.3 Å². The molecular weight excluding hydrogens is 336 g/mol. The van der Waals surface area contributed by atoms with Crippen LogP contribution >= 0.6 is 27.5 Å². The van der Waals surface area contributed by atoms with Crippen molar-refractivity contribution < 1.29 is 14.3 Å². The van der Waals surface area contributed by atoms with Gasteiger partial charge in [0.1, 0.15) is 5.75 Å². The number of urea groups is 1. The van der Waals surface area contributed by atoms with Crippen molar-refractivity contribution >= 4 is 39.5 Å². The number of imide groups is 1. The summed E-state index contributed by atoms with van der Waals surface area (Å²) in [7, 11) is 0. The van der Waals surface area contributed by atoms with E-state index in [9.17, 15) is 9.59 Å². The fourth-order valence-electron chi connectivity index (χ4n) is 1.68. The van der Waals surface area contributed by atoms with Gasteiger partial charge in [-0.2, -0.15) is 0 Å². The summed E-state index contributed by atoms with van der Waals surface area (Å²) in [6.45, 7) is 0.815. The summed E-state index contributed by atoms with van der Waals surface area (Å²) in [6.07, 6.45) is 0.561. The molecule has 1 aliphatic rings. The Balaban J connectivity index is 1.78. The molecule has 2 rings (SSSR count). The lowest BCUT2D eigenvalue weighted by molar-refractivity contribution is -0.125. The summed E-state index contributed by atoms with van der Waals surface area (Å²) in [6, 6.07) is 5.00. The third kappa shape index (κ3) is 3.61. The topological polar surface area (TPSA) is 58.6 Å². The lowest BCUT2D eigenvalue weighted by atomic mass is 10.3. The van der Waals surface area contributed by atoms with Crippen LogP contribution < -0.4 is 10.1 Å². The van der Waals surface area contributed by atoms with Crippen molar-refractivity contribution in [3.05, 3.63) is 27.7 Å². The summed E-state index contributed by atoms with van der Waals surface area (Å²) in [5, 5.41) is 2.98. The van der Waals surface area contributed by atoms with E-state index in [4.69, 9.17) is 16.3 Å². The molecule has 0 saturated carbocycles. The van der Waals surface area contributed by atoms with Gasteiger partial charge in [-0.05, 0) is 24.6 Å². The van der Waals surface area contributed by atoms with E-state index in [-0.39, 0.29) is 18.5 Å². The molecule has 3 amide bonds. The molecule has 0 spiro atoms. The van der Waals surface area contributed by atoms with E-state index in [1.807, 2.05) is 6.07 Å².